The van der Waals surface area contributed by atoms with Crippen LogP contribution in [0.15, 0.2) is 54.7 Å². The Hall–Kier alpha value is -3.62. The molecule has 0 radical (unpaired) electrons. The summed E-state index contributed by atoms with van der Waals surface area (Å²) >= 11 is 0. The molecule has 4 aromatic rings. The summed E-state index contributed by atoms with van der Waals surface area (Å²) in [5.41, 5.74) is 2.93. The maximum absolute atomic E-state index is 13.4. The number of carbonyl (C=O) groups is 1. The van der Waals surface area contributed by atoms with Crippen molar-refractivity contribution in [2.45, 2.75) is 32.0 Å². The van der Waals surface area contributed by atoms with Gasteiger partial charge in [0.05, 0.1) is 22.3 Å². The molecule has 1 aliphatic carbocycles. The highest BCUT2D eigenvalue weighted by atomic mass is 19.4. The molecule has 9 heteroatoms. The van der Waals surface area contributed by atoms with Crippen LogP contribution >= 0.6 is 0 Å². The van der Waals surface area contributed by atoms with Gasteiger partial charge >= 0.3 is 6.18 Å². The summed E-state index contributed by atoms with van der Waals surface area (Å²) in [6.07, 6.45) is 0.0779. The van der Waals surface area contributed by atoms with Crippen LogP contribution in [0.4, 0.5) is 13.2 Å². The van der Waals surface area contributed by atoms with Gasteiger partial charge in [0.2, 0.25) is 5.91 Å². The average molecular weight is 480 g/mol. The molecule has 1 saturated carbocycles. The molecule has 6 nitrogen and oxygen atoms in total. The molecular formula is C26H24F3N5O. The number of aromatic amines is 1. The van der Waals surface area contributed by atoms with E-state index in [1.165, 1.54) is 6.07 Å². The van der Waals surface area contributed by atoms with E-state index in [1.807, 2.05) is 39.8 Å². The third-order valence-electron chi connectivity index (χ3n) is 7.00. The summed E-state index contributed by atoms with van der Waals surface area (Å²) in [6, 6.07) is 13.4. The zero-order chi connectivity index (χ0) is 24.2. The fraction of sp³-hybridized carbons (Fsp3) is 0.346. The van der Waals surface area contributed by atoms with Crippen LogP contribution < -0.4 is 0 Å². The smallest absolute Gasteiger partial charge is 0.342 e. The van der Waals surface area contributed by atoms with Gasteiger partial charge in [0.25, 0.3) is 0 Å². The van der Waals surface area contributed by atoms with Crippen molar-refractivity contribution in [2.24, 2.45) is 11.8 Å². The van der Waals surface area contributed by atoms with Crippen molar-refractivity contribution in [1.29, 1.82) is 0 Å². The number of fused-ring (bicyclic) bond motifs is 1. The molecule has 1 atom stereocenters. The maximum atomic E-state index is 13.4. The lowest BCUT2D eigenvalue weighted by Gasteiger charge is -2.18. The number of imidazole rings is 1. The Balaban J connectivity index is 1.36. The van der Waals surface area contributed by atoms with E-state index in [-0.39, 0.29) is 17.7 Å². The van der Waals surface area contributed by atoms with Gasteiger partial charge in [0.1, 0.15) is 5.82 Å². The number of hydrogen-bond acceptors (Lipinski definition) is 3. The number of rotatable bonds is 5. The van der Waals surface area contributed by atoms with Crippen LogP contribution in [-0.4, -0.2) is 43.6 Å². The van der Waals surface area contributed by atoms with E-state index >= 15 is 0 Å². The average Bonchev–Trinajstić information content (AvgIpc) is 3.22. The Kier molecular flexibility index (Phi) is 5.16. The number of carbonyl (C=O) groups excluding carboxylic acids is 1. The standard InChI is InChI=1S/C26H24F3N5O/c27-26(28,29)20-7-8-23-22(13-20)31-24(18-3-1-17(2-4-18)21-9-11-30-32-21)34(23)15-16-10-12-33(14-16)25(35)19-5-6-19/h1-4,7-9,11,13,16,19H,5-6,10,12,14-15H2,(H,30,32)/t16-/m1/s1. The Bertz CT molecular complexity index is 1370. The summed E-state index contributed by atoms with van der Waals surface area (Å²) in [5, 5.41) is 6.91. The first-order valence-electron chi connectivity index (χ1n) is 11.8. The highest BCUT2D eigenvalue weighted by Crippen LogP contribution is 2.36. The number of alkyl halides is 3. The van der Waals surface area contributed by atoms with Gasteiger partial charge in [-0.2, -0.15) is 18.3 Å². The highest BCUT2D eigenvalue weighted by Gasteiger charge is 2.37. The van der Waals surface area contributed by atoms with Crippen LogP contribution in [0.25, 0.3) is 33.7 Å². The van der Waals surface area contributed by atoms with Crippen LogP contribution in [0.2, 0.25) is 0 Å². The molecule has 3 heterocycles. The summed E-state index contributed by atoms with van der Waals surface area (Å²) in [5.74, 6) is 1.28. The number of nitrogens with one attached hydrogen (secondary N) is 1. The molecule has 0 spiro atoms. The Morgan fingerprint density at radius 1 is 1.03 bits per heavy atom. The topological polar surface area (TPSA) is 66.8 Å². The largest absolute Gasteiger partial charge is 0.416 e. The third kappa shape index (κ3) is 4.19. The predicted octanol–water partition coefficient (Wildman–Crippen LogP) is 5.37. The van der Waals surface area contributed by atoms with Gasteiger partial charge in [-0.1, -0.05) is 24.3 Å². The maximum Gasteiger partial charge on any atom is 0.416 e. The van der Waals surface area contributed by atoms with Gasteiger partial charge in [0.15, 0.2) is 0 Å². The first kappa shape index (κ1) is 21.9. The van der Waals surface area contributed by atoms with Crippen molar-refractivity contribution in [1.82, 2.24) is 24.6 Å². The van der Waals surface area contributed by atoms with Gasteiger partial charge in [-0.05, 0) is 55.0 Å². The normalized spacial score (nSPS) is 18.5. The van der Waals surface area contributed by atoms with E-state index in [9.17, 15) is 18.0 Å². The van der Waals surface area contributed by atoms with Crippen molar-refractivity contribution in [3.05, 3.63) is 60.3 Å². The fourth-order valence-electron chi connectivity index (χ4n) is 4.96. The second kappa shape index (κ2) is 8.25. The first-order valence-corrected chi connectivity index (χ1v) is 11.8. The molecule has 0 bridgehead atoms. The van der Waals surface area contributed by atoms with Crippen LogP contribution in [0.5, 0.6) is 0 Å². The van der Waals surface area contributed by atoms with E-state index in [4.69, 9.17) is 0 Å². The number of amides is 1. The minimum atomic E-state index is -4.43. The van der Waals surface area contributed by atoms with Crippen LogP contribution in [0, 0.1) is 11.8 Å². The highest BCUT2D eigenvalue weighted by molar-refractivity contribution is 5.82. The minimum Gasteiger partial charge on any atom is -0.342 e. The molecule has 1 aliphatic heterocycles. The van der Waals surface area contributed by atoms with Crippen molar-refractivity contribution in [2.75, 3.05) is 13.1 Å². The van der Waals surface area contributed by atoms with E-state index in [2.05, 4.69) is 15.2 Å². The second-order valence-corrected chi connectivity index (χ2v) is 9.51. The molecule has 1 amide bonds. The zero-order valence-corrected chi connectivity index (χ0v) is 18.9. The van der Waals surface area contributed by atoms with Crippen LogP contribution in [-0.2, 0) is 17.5 Å². The number of aromatic nitrogens is 4. The van der Waals surface area contributed by atoms with Crippen molar-refractivity contribution in [3.63, 3.8) is 0 Å². The summed E-state index contributed by atoms with van der Waals surface area (Å²) < 4.78 is 42.1. The molecule has 35 heavy (non-hydrogen) atoms. The number of H-pyrrole nitrogens is 1. The molecule has 0 unspecified atom stereocenters. The molecule has 2 aromatic carbocycles. The summed E-state index contributed by atoms with van der Waals surface area (Å²) in [6.45, 7) is 2.00. The van der Waals surface area contributed by atoms with Crippen molar-refractivity contribution >= 4 is 16.9 Å². The summed E-state index contributed by atoms with van der Waals surface area (Å²) in [4.78, 5) is 19.1. The number of nitrogens with zero attached hydrogens (tertiary/aromatic N) is 4. The second-order valence-electron chi connectivity index (χ2n) is 9.51. The fourth-order valence-corrected chi connectivity index (χ4v) is 4.96. The third-order valence-corrected chi connectivity index (χ3v) is 7.00. The lowest BCUT2D eigenvalue weighted by atomic mass is 10.1. The van der Waals surface area contributed by atoms with Gasteiger partial charge in [-0.3, -0.25) is 9.89 Å². The van der Waals surface area contributed by atoms with Gasteiger partial charge in [0, 0.05) is 37.3 Å². The molecule has 180 valence electrons. The van der Waals surface area contributed by atoms with Crippen LogP contribution in [0.3, 0.4) is 0 Å². The van der Waals surface area contributed by atoms with Gasteiger partial charge in [-0.25, -0.2) is 4.98 Å². The van der Waals surface area contributed by atoms with Crippen molar-refractivity contribution in [3.8, 4) is 22.6 Å². The SMILES string of the molecule is O=C(C1CC1)N1CC[C@@H](Cn2c(-c3ccc(-c4ccn[nH]4)cc3)nc3cc(C(F)(F)F)ccc32)C1. The minimum absolute atomic E-state index is 0.188. The molecule has 2 aromatic heterocycles. The monoisotopic (exact) mass is 479 g/mol. The van der Waals surface area contributed by atoms with E-state index in [0.717, 1.165) is 54.8 Å². The Labute approximate surface area is 199 Å². The zero-order valence-electron chi connectivity index (χ0n) is 18.9. The summed E-state index contributed by atoms with van der Waals surface area (Å²) in [7, 11) is 0. The first-order chi connectivity index (χ1) is 16.9. The molecule has 6 rings (SSSR count). The van der Waals surface area contributed by atoms with E-state index in [1.54, 1.807) is 6.20 Å². The molecule has 2 fully saturated rings. The van der Waals surface area contributed by atoms with E-state index < -0.39 is 11.7 Å². The number of benzene rings is 2. The Morgan fingerprint density at radius 2 is 1.80 bits per heavy atom. The van der Waals surface area contributed by atoms with Crippen molar-refractivity contribution < 1.29 is 18.0 Å². The molecular weight excluding hydrogens is 455 g/mol. The molecule has 1 N–H and O–H groups in total. The van der Waals surface area contributed by atoms with Gasteiger partial charge in [-0.15, -0.1) is 0 Å². The quantitative estimate of drug-likeness (QED) is 0.419. The molecule has 1 saturated heterocycles. The number of hydrogen-bond donors (Lipinski definition) is 1. The lowest BCUT2D eigenvalue weighted by Crippen LogP contribution is -2.30. The predicted molar refractivity (Wildman–Crippen MR) is 125 cm³/mol. The molecule has 2 aliphatic rings. The lowest BCUT2D eigenvalue weighted by molar-refractivity contribution is -0.137. The van der Waals surface area contributed by atoms with E-state index in [0.29, 0.717) is 29.9 Å². The number of halogens is 3. The van der Waals surface area contributed by atoms with Gasteiger partial charge < -0.3 is 9.47 Å². The number of likely N-dealkylation sites (tertiary alicyclic amines) is 1. The van der Waals surface area contributed by atoms with Crippen LogP contribution in [0.1, 0.15) is 24.8 Å². The Morgan fingerprint density at radius 3 is 2.49 bits per heavy atom.